The second-order valence-corrected chi connectivity index (χ2v) is 15.9. The first-order valence-corrected chi connectivity index (χ1v) is 22.4. The van der Waals surface area contributed by atoms with E-state index < -0.39 is 49.5 Å². The molecule has 0 aromatic carbocycles. The van der Waals surface area contributed by atoms with Gasteiger partial charge in [0.2, 0.25) is 5.91 Å². The van der Waals surface area contributed by atoms with E-state index in [-0.39, 0.29) is 12.5 Å². The fourth-order valence-corrected chi connectivity index (χ4v) is 7.21. The Balaban J connectivity index is 2.37. The monoisotopic (exact) mass is 756 g/mol. The van der Waals surface area contributed by atoms with Crippen LogP contribution in [0.15, 0.2) is 12.2 Å². The quantitative estimate of drug-likeness (QED) is 0.0272. The molecular formula is C44H85NO8. The Morgan fingerprint density at radius 2 is 1.04 bits per heavy atom. The van der Waals surface area contributed by atoms with Crippen LogP contribution in [0.1, 0.15) is 206 Å². The molecule has 53 heavy (non-hydrogen) atoms. The van der Waals surface area contributed by atoms with Crippen LogP contribution in [-0.4, -0.2) is 87.5 Å². The molecule has 0 aromatic rings. The Hall–Kier alpha value is -1.07. The lowest BCUT2D eigenvalue weighted by atomic mass is 9.99. The number of aliphatic hydroxyl groups is 5. The summed E-state index contributed by atoms with van der Waals surface area (Å²) in [7, 11) is 0. The molecule has 0 aliphatic carbocycles. The second kappa shape index (κ2) is 35.4. The van der Waals surface area contributed by atoms with Crippen LogP contribution in [-0.2, 0) is 14.3 Å². The fourth-order valence-electron chi connectivity index (χ4n) is 7.21. The molecule has 1 fully saturated rings. The van der Waals surface area contributed by atoms with E-state index in [4.69, 9.17) is 9.47 Å². The van der Waals surface area contributed by atoms with Crippen molar-refractivity contribution >= 4 is 5.91 Å². The summed E-state index contributed by atoms with van der Waals surface area (Å²) in [6.07, 6.45) is 32.5. The number of unbranched alkanes of at least 4 members (excludes halogenated alkanes) is 27. The van der Waals surface area contributed by atoms with Crippen LogP contribution in [0.2, 0.25) is 0 Å². The number of rotatable bonds is 37. The van der Waals surface area contributed by atoms with Crippen LogP contribution >= 0.6 is 0 Å². The van der Waals surface area contributed by atoms with Crippen LogP contribution in [0.3, 0.4) is 0 Å². The lowest BCUT2D eigenvalue weighted by Crippen LogP contribution is -2.60. The van der Waals surface area contributed by atoms with Gasteiger partial charge in [0.25, 0.3) is 0 Å². The molecule has 0 aromatic heterocycles. The largest absolute Gasteiger partial charge is 0.394 e. The zero-order valence-corrected chi connectivity index (χ0v) is 34.3. The highest BCUT2D eigenvalue weighted by Gasteiger charge is 2.44. The first-order valence-electron chi connectivity index (χ1n) is 22.4. The Kier molecular flexibility index (Phi) is 33.3. The van der Waals surface area contributed by atoms with Crippen molar-refractivity contribution in [1.82, 2.24) is 5.32 Å². The standard InChI is InChI=1S/C44H85NO8/c1-3-5-7-9-11-13-15-17-18-19-20-22-23-25-27-29-31-33-38(47)37(36-52-44-43(51)42(50)41(49)39(35-46)53-44)45-40(48)34-32-30-28-26-24-21-16-14-12-10-8-6-4-2/h31,33,37-39,41-44,46-47,49-51H,3-30,32,34-36H2,1-2H3,(H,45,48)/b33-31+/t37-,38+,39+,41+,42?,43?,44+/m0/s1. The minimum atomic E-state index is -1.56. The SMILES string of the molecule is CCCCCCCCCCCCCCCCC/C=C/[C@@H](O)[C@H](CO[C@@H]1O[C@H](CO)[C@@H](O)C(O)C1O)NC(=O)CCCCCCCCCCCCCCC. The molecule has 2 unspecified atom stereocenters. The lowest BCUT2D eigenvalue weighted by molar-refractivity contribution is -0.302. The molecular weight excluding hydrogens is 670 g/mol. The van der Waals surface area contributed by atoms with Crippen molar-refractivity contribution in [3.05, 3.63) is 12.2 Å². The molecule has 1 rings (SSSR count). The molecule has 1 heterocycles. The zero-order chi connectivity index (χ0) is 38.8. The van der Waals surface area contributed by atoms with E-state index >= 15 is 0 Å². The van der Waals surface area contributed by atoms with Crippen molar-refractivity contribution in [3.8, 4) is 0 Å². The van der Waals surface area contributed by atoms with Gasteiger partial charge in [-0.15, -0.1) is 0 Å². The number of amides is 1. The molecule has 9 nitrogen and oxygen atoms in total. The summed E-state index contributed by atoms with van der Waals surface area (Å²) >= 11 is 0. The molecule has 1 amide bonds. The first kappa shape index (κ1) is 49.9. The maximum absolute atomic E-state index is 12.9. The summed E-state index contributed by atoms with van der Waals surface area (Å²) in [6.45, 7) is 3.77. The summed E-state index contributed by atoms with van der Waals surface area (Å²) < 4.78 is 11.2. The van der Waals surface area contributed by atoms with Gasteiger partial charge in [-0.3, -0.25) is 4.79 Å². The smallest absolute Gasteiger partial charge is 0.220 e. The van der Waals surface area contributed by atoms with Crippen molar-refractivity contribution in [1.29, 1.82) is 0 Å². The fraction of sp³-hybridized carbons (Fsp3) is 0.932. The summed E-state index contributed by atoms with van der Waals surface area (Å²) in [4.78, 5) is 12.9. The highest BCUT2D eigenvalue weighted by atomic mass is 16.7. The first-order chi connectivity index (χ1) is 25.8. The van der Waals surface area contributed by atoms with E-state index in [2.05, 4.69) is 19.2 Å². The minimum Gasteiger partial charge on any atom is -0.394 e. The van der Waals surface area contributed by atoms with E-state index in [9.17, 15) is 30.3 Å². The van der Waals surface area contributed by atoms with Gasteiger partial charge < -0.3 is 40.3 Å². The maximum Gasteiger partial charge on any atom is 0.220 e. The molecule has 6 N–H and O–H groups in total. The summed E-state index contributed by atoms with van der Waals surface area (Å²) in [5.74, 6) is -0.176. The summed E-state index contributed by atoms with van der Waals surface area (Å²) in [5, 5.41) is 54.1. The summed E-state index contributed by atoms with van der Waals surface area (Å²) in [6, 6.07) is -0.797. The highest BCUT2D eigenvalue weighted by Crippen LogP contribution is 2.23. The van der Waals surface area contributed by atoms with Gasteiger partial charge in [-0.05, 0) is 19.3 Å². The predicted molar refractivity (Wildman–Crippen MR) is 217 cm³/mol. The van der Waals surface area contributed by atoms with E-state index in [0.29, 0.717) is 6.42 Å². The van der Waals surface area contributed by atoms with Gasteiger partial charge in [-0.1, -0.05) is 193 Å². The lowest BCUT2D eigenvalue weighted by Gasteiger charge is -2.40. The Morgan fingerprint density at radius 3 is 1.47 bits per heavy atom. The molecule has 0 radical (unpaired) electrons. The number of carbonyl (C=O) groups excluding carboxylic acids is 1. The minimum absolute atomic E-state index is 0.176. The van der Waals surface area contributed by atoms with Crippen LogP contribution in [0.25, 0.3) is 0 Å². The van der Waals surface area contributed by atoms with Gasteiger partial charge in [0, 0.05) is 6.42 Å². The second-order valence-electron chi connectivity index (χ2n) is 15.9. The molecule has 1 saturated heterocycles. The Bertz CT molecular complexity index is 842. The molecule has 1 aliphatic rings. The zero-order valence-electron chi connectivity index (χ0n) is 34.3. The Morgan fingerprint density at radius 1 is 0.623 bits per heavy atom. The van der Waals surface area contributed by atoms with Gasteiger partial charge in [0.05, 0.1) is 25.4 Å². The molecule has 7 atom stereocenters. The predicted octanol–water partition coefficient (Wildman–Crippen LogP) is 8.95. The number of aliphatic hydroxyl groups excluding tert-OH is 5. The molecule has 0 bridgehead atoms. The van der Waals surface area contributed by atoms with Crippen molar-refractivity contribution < 1.29 is 39.8 Å². The molecule has 0 spiro atoms. The number of hydrogen-bond donors (Lipinski definition) is 6. The van der Waals surface area contributed by atoms with Crippen molar-refractivity contribution in [2.45, 2.75) is 249 Å². The molecule has 1 aliphatic heterocycles. The van der Waals surface area contributed by atoms with Gasteiger partial charge in [0.15, 0.2) is 6.29 Å². The number of carbonyl (C=O) groups is 1. The van der Waals surface area contributed by atoms with Crippen LogP contribution in [0.5, 0.6) is 0 Å². The third kappa shape index (κ3) is 26.4. The van der Waals surface area contributed by atoms with E-state index in [1.807, 2.05) is 6.08 Å². The third-order valence-electron chi connectivity index (χ3n) is 10.9. The third-order valence-corrected chi connectivity index (χ3v) is 10.9. The molecule has 9 heteroatoms. The maximum atomic E-state index is 12.9. The average Bonchev–Trinajstić information content (AvgIpc) is 3.16. The van der Waals surface area contributed by atoms with Crippen LogP contribution in [0.4, 0.5) is 0 Å². The van der Waals surface area contributed by atoms with E-state index in [1.165, 1.54) is 148 Å². The van der Waals surface area contributed by atoms with Gasteiger partial charge >= 0.3 is 0 Å². The van der Waals surface area contributed by atoms with Gasteiger partial charge in [-0.25, -0.2) is 0 Å². The topological polar surface area (TPSA) is 149 Å². The van der Waals surface area contributed by atoms with Crippen LogP contribution in [0, 0.1) is 0 Å². The number of hydrogen-bond acceptors (Lipinski definition) is 8. The van der Waals surface area contributed by atoms with Crippen molar-refractivity contribution in [2.75, 3.05) is 13.2 Å². The molecule has 314 valence electrons. The highest BCUT2D eigenvalue weighted by molar-refractivity contribution is 5.76. The van der Waals surface area contributed by atoms with E-state index in [1.54, 1.807) is 6.08 Å². The van der Waals surface area contributed by atoms with E-state index in [0.717, 1.165) is 38.5 Å². The number of nitrogens with one attached hydrogen (secondary N) is 1. The number of allylic oxidation sites excluding steroid dienone is 1. The summed E-state index contributed by atoms with van der Waals surface area (Å²) in [5.41, 5.74) is 0. The Labute approximate surface area is 325 Å². The molecule has 0 saturated carbocycles. The average molecular weight is 756 g/mol. The van der Waals surface area contributed by atoms with Gasteiger partial charge in [-0.2, -0.15) is 0 Å². The normalized spacial score (nSPS) is 21.7. The van der Waals surface area contributed by atoms with Gasteiger partial charge in [0.1, 0.15) is 24.4 Å². The number of ether oxygens (including phenoxy) is 2. The van der Waals surface area contributed by atoms with Crippen molar-refractivity contribution in [3.63, 3.8) is 0 Å². The van der Waals surface area contributed by atoms with Crippen molar-refractivity contribution in [2.24, 2.45) is 0 Å². The van der Waals surface area contributed by atoms with Crippen LogP contribution < -0.4 is 5.32 Å².